The maximum Gasteiger partial charge on any atom is 0.391 e. The third kappa shape index (κ3) is 3.33. The van der Waals surface area contributed by atoms with Crippen LogP contribution in [0, 0.1) is 46.8 Å². The highest BCUT2D eigenvalue weighted by molar-refractivity contribution is 5.82. The summed E-state index contributed by atoms with van der Waals surface area (Å²) in [6.45, 7) is 2.69. The number of Topliss-reactive ketones (excluding diaryl/α,β-unsaturated/α-hetero) is 1. The van der Waals surface area contributed by atoms with Crippen molar-refractivity contribution in [1.29, 1.82) is 0 Å². The fourth-order valence-electron chi connectivity index (χ4n) is 8.34. The SMILES string of the molecule is CC12CCC3C4CCC(C(F)(F)F)CC4CCC3C1CCC2C(=O)Cn1cccn1. The summed E-state index contributed by atoms with van der Waals surface area (Å²) >= 11 is 0. The Hall–Kier alpha value is -1.33. The predicted octanol–water partition coefficient (Wildman–Crippen LogP) is 5.90. The minimum absolute atomic E-state index is 0.0570. The molecule has 0 bridgehead atoms. The first-order valence-electron chi connectivity index (χ1n) is 11.8. The van der Waals surface area contributed by atoms with Crippen molar-refractivity contribution in [2.75, 3.05) is 0 Å². The lowest BCUT2D eigenvalue weighted by Gasteiger charge is -2.56. The molecule has 0 saturated heterocycles. The second-order valence-corrected chi connectivity index (χ2v) is 10.8. The lowest BCUT2D eigenvalue weighted by molar-refractivity contribution is -0.196. The van der Waals surface area contributed by atoms with Crippen LogP contribution in [0.3, 0.4) is 0 Å². The number of rotatable bonds is 3. The van der Waals surface area contributed by atoms with E-state index in [0.717, 1.165) is 44.9 Å². The summed E-state index contributed by atoms with van der Waals surface area (Å²) in [6, 6.07) is 1.85. The average molecular weight is 423 g/mol. The van der Waals surface area contributed by atoms with Gasteiger partial charge < -0.3 is 0 Å². The molecular weight excluding hydrogens is 389 g/mol. The Kier molecular flexibility index (Phi) is 5.05. The molecule has 8 unspecified atom stereocenters. The number of hydrogen-bond acceptors (Lipinski definition) is 2. The number of halogens is 3. The molecule has 0 N–H and O–H groups in total. The molecule has 0 aliphatic heterocycles. The number of carbonyl (C=O) groups is 1. The van der Waals surface area contributed by atoms with E-state index in [1.807, 2.05) is 12.3 Å². The zero-order valence-electron chi connectivity index (χ0n) is 17.8. The van der Waals surface area contributed by atoms with E-state index in [1.54, 1.807) is 10.9 Å². The van der Waals surface area contributed by atoms with Crippen molar-refractivity contribution in [3.05, 3.63) is 18.5 Å². The Bertz CT molecular complexity index is 776. The molecule has 6 heteroatoms. The Morgan fingerprint density at radius 3 is 2.60 bits per heavy atom. The first-order valence-corrected chi connectivity index (χ1v) is 11.8. The van der Waals surface area contributed by atoms with Crippen LogP contribution in [0.5, 0.6) is 0 Å². The number of fused-ring (bicyclic) bond motifs is 5. The van der Waals surface area contributed by atoms with Gasteiger partial charge in [0, 0.05) is 18.3 Å². The highest BCUT2D eigenvalue weighted by atomic mass is 19.4. The largest absolute Gasteiger partial charge is 0.391 e. The molecule has 30 heavy (non-hydrogen) atoms. The van der Waals surface area contributed by atoms with Crippen LogP contribution < -0.4 is 0 Å². The summed E-state index contributed by atoms with van der Waals surface area (Å²) in [6.07, 6.45) is 7.21. The van der Waals surface area contributed by atoms with Gasteiger partial charge in [0.05, 0.1) is 12.5 Å². The minimum Gasteiger partial charge on any atom is -0.297 e. The molecule has 166 valence electrons. The number of ketones is 1. The number of hydrogen-bond donors (Lipinski definition) is 0. The molecule has 0 radical (unpaired) electrons. The van der Waals surface area contributed by atoms with Gasteiger partial charge in [0.1, 0.15) is 0 Å². The molecule has 1 aromatic rings. The van der Waals surface area contributed by atoms with Gasteiger partial charge in [-0.1, -0.05) is 6.92 Å². The van der Waals surface area contributed by atoms with Crippen molar-refractivity contribution in [3.63, 3.8) is 0 Å². The van der Waals surface area contributed by atoms with Crippen LogP contribution in [0.4, 0.5) is 13.2 Å². The molecule has 0 spiro atoms. The third-order valence-corrected chi connectivity index (χ3v) is 9.68. The number of alkyl halides is 3. The van der Waals surface area contributed by atoms with Crippen LogP contribution in [0.15, 0.2) is 18.5 Å². The van der Waals surface area contributed by atoms with Gasteiger partial charge in [0.25, 0.3) is 0 Å². The van der Waals surface area contributed by atoms with Crippen molar-refractivity contribution in [3.8, 4) is 0 Å². The van der Waals surface area contributed by atoms with E-state index in [9.17, 15) is 18.0 Å². The molecule has 8 atom stereocenters. The van der Waals surface area contributed by atoms with Crippen molar-refractivity contribution < 1.29 is 18.0 Å². The summed E-state index contributed by atoms with van der Waals surface area (Å²) in [5.41, 5.74) is 0.0570. The number of nitrogens with zero attached hydrogens (tertiary/aromatic N) is 2. The van der Waals surface area contributed by atoms with Gasteiger partial charge in [-0.15, -0.1) is 0 Å². The maximum atomic E-state index is 13.3. The van der Waals surface area contributed by atoms with Gasteiger partial charge in [0.15, 0.2) is 5.78 Å². The molecule has 4 aliphatic rings. The average Bonchev–Trinajstić information content (AvgIpc) is 3.33. The van der Waals surface area contributed by atoms with Crippen molar-refractivity contribution >= 4 is 5.78 Å². The molecule has 1 heterocycles. The molecule has 4 aliphatic carbocycles. The molecule has 0 amide bonds. The molecule has 3 nitrogen and oxygen atoms in total. The molecular formula is C24H33F3N2O. The van der Waals surface area contributed by atoms with E-state index in [-0.39, 0.29) is 17.3 Å². The van der Waals surface area contributed by atoms with Crippen molar-refractivity contribution in [1.82, 2.24) is 9.78 Å². The number of aromatic nitrogens is 2. The standard InChI is InChI=1S/C24H33F3N2O/c1-23-10-9-18-17-6-4-16(24(25,26)27)13-15(17)3-5-19(18)20(23)7-8-21(23)22(30)14-29-12-2-11-28-29/h2,11-12,15-21H,3-10,13-14H2,1H3. The highest BCUT2D eigenvalue weighted by Crippen LogP contribution is 2.65. The zero-order chi connectivity index (χ0) is 21.1. The Balaban J connectivity index is 1.29. The lowest BCUT2D eigenvalue weighted by atomic mass is 9.49. The van der Waals surface area contributed by atoms with E-state index in [0.29, 0.717) is 48.8 Å². The predicted molar refractivity (Wildman–Crippen MR) is 107 cm³/mol. The quantitative estimate of drug-likeness (QED) is 0.608. The highest BCUT2D eigenvalue weighted by Gasteiger charge is 2.59. The summed E-state index contributed by atoms with van der Waals surface area (Å²) in [5, 5.41) is 4.20. The first kappa shape index (κ1) is 20.6. The summed E-state index contributed by atoms with van der Waals surface area (Å²) in [4.78, 5) is 13.1. The van der Waals surface area contributed by atoms with Crippen molar-refractivity contribution in [2.45, 2.75) is 77.4 Å². The molecule has 4 fully saturated rings. The Morgan fingerprint density at radius 1 is 1.07 bits per heavy atom. The van der Waals surface area contributed by atoms with Gasteiger partial charge in [-0.25, -0.2) is 0 Å². The third-order valence-electron chi connectivity index (χ3n) is 9.68. The summed E-state index contributed by atoms with van der Waals surface area (Å²) < 4.78 is 41.6. The normalized spacial score (nSPS) is 43.5. The van der Waals surface area contributed by atoms with Gasteiger partial charge >= 0.3 is 6.18 Å². The van der Waals surface area contributed by atoms with Crippen molar-refractivity contribution in [2.24, 2.45) is 46.8 Å². The molecule has 5 rings (SSSR count). The first-order chi connectivity index (χ1) is 14.3. The minimum atomic E-state index is -4.03. The van der Waals surface area contributed by atoms with Gasteiger partial charge in [-0.05, 0) is 98.9 Å². The smallest absolute Gasteiger partial charge is 0.297 e. The molecule has 4 saturated carbocycles. The Labute approximate surface area is 176 Å². The van der Waals surface area contributed by atoms with Crippen LogP contribution in [0.2, 0.25) is 0 Å². The fraction of sp³-hybridized carbons (Fsp3) is 0.833. The van der Waals surface area contributed by atoms with E-state index in [2.05, 4.69) is 12.0 Å². The van der Waals surface area contributed by atoms with E-state index >= 15 is 0 Å². The van der Waals surface area contributed by atoms with Crippen LogP contribution in [-0.2, 0) is 11.3 Å². The monoisotopic (exact) mass is 422 g/mol. The summed E-state index contributed by atoms with van der Waals surface area (Å²) in [5.74, 6) is 1.81. The van der Waals surface area contributed by atoms with Gasteiger partial charge in [-0.3, -0.25) is 9.48 Å². The number of carbonyl (C=O) groups excluding carboxylic acids is 1. The van der Waals surface area contributed by atoms with Crippen LogP contribution in [-0.4, -0.2) is 21.7 Å². The summed E-state index contributed by atoms with van der Waals surface area (Å²) in [7, 11) is 0. The van der Waals surface area contributed by atoms with Crippen LogP contribution in [0.25, 0.3) is 0 Å². The molecule has 1 aromatic heterocycles. The topological polar surface area (TPSA) is 34.9 Å². The molecule has 0 aromatic carbocycles. The van der Waals surface area contributed by atoms with E-state index < -0.39 is 12.1 Å². The van der Waals surface area contributed by atoms with Crippen LogP contribution >= 0.6 is 0 Å². The van der Waals surface area contributed by atoms with E-state index in [1.165, 1.54) is 0 Å². The van der Waals surface area contributed by atoms with Gasteiger partial charge in [-0.2, -0.15) is 18.3 Å². The Morgan fingerprint density at radius 2 is 1.87 bits per heavy atom. The second-order valence-electron chi connectivity index (χ2n) is 10.8. The second kappa shape index (κ2) is 7.37. The van der Waals surface area contributed by atoms with E-state index in [4.69, 9.17) is 0 Å². The lowest BCUT2D eigenvalue weighted by Crippen LogP contribution is -2.50. The fourth-order valence-corrected chi connectivity index (χ4v) is 8.34. The zero-order valence-corrected chi connectivity index (χ0v) is 17.8. The maximum absolute atomic E-state index is 13.3. The van der Waals surface area contributed by atoms with Crippen LogP contribution in [0.1, 0.15) is 64.7 Å². The van der Waals surface area contributed by atoms with Gasteiger partial charge in [0.2, 0.25) is 0 Å².